The summed E-state index contributed by atoms with van der Waals surface area (Å²) < 4.78 is 0. The second-order valence-corrected chi connectivity index (χ2v) is 6.18. The standard InChI is InChI=1S/C14H15ClN2O2S/c1-14(2,12(18)19)11-8-20-13(17-11)16-7-9-5-3-4-6-10(9)15/h3-6,8H,7H2,1-2H3,(H,16,17)(H,18,19). The van der Waals surface area contributed by atoms with E-state index in [0.717, 1.165) is 5.56 Å². The van der Waals surface area contributed by atoms with Gasteiger partial charge in [-0.2, -0.15) is 0 Å². The Morgan fingerprint density at radius 2 is 2.15 bits per heavy atom. The lowest BCUT2D eigenvalue weighted by atomic mass is 9.90. The van der Waals surface area contributed by atoms with Gasteiger partial charge in [0.1, 0.15) is 5.41 Å². The van der Waals surface area contributed by atoms with Crippen LogP contribution in [0.4, 0.5) is 5.13 Å². The van der Waals surface area contributed by atoms with Gasteiger partial charge in [-0.1, -0.05) is 29.8 Å². The number of carbonyl (C=O) groups is 1. The number of benzene rings is 1. The molecule has 20 heavy (non-hydrogen) atoms. The van der Waals surface area contributed by atoms with Crippen LogP contribution in [0.3, 0.4) is 0 Å². The minimum absolute atomic E-state index is 0.552. The molecule has 1 heterocycles. The predicted molar refractivity (Wildman–Crippen MR) is 81.6 cm³/mol. The summed E-state index contributed by atoms with van der Waals surface area (Å²) in [4.78, 5) is 15.5. The molecule has 0 amide bonds. The largest absolute Gasteiger partial charge is 0.481 e. The fraction of sp³-hybridized carbons (Fsp3) is 0.286. The van der Waals surface area contributed by atoms with E-state index in [4.69, 9.17) is 11.6 Å². The second kappa shape index (κ2) is 5.81. The van der Waals surface area contributed by atoms with Crippen LogP contribution < -0.4 is 5.32 Å². The second-order valence-electron chi connectivity index (χ2n) is 4.91. The molecule has 0 spiro atoms. The molecule has 4 nitrogen and oxygen atoms in total. The third-order valence-electron chi connectivity index (χ3n) is 3.07. The number of aliphatic carboxylic acids is 1. The molecule has 2 N–H and O–H groups in total. The van der Waals surface area contributed by atoms with E-state index in [9.17, 15) is 9.90 Å². The van der Waals surface area contributed by atoms with E-state index in [1.54, 1.807) is 19.2 Å². The number of aromatic nitrogens is 1. The number of hydrogen-bond donors (Lipinski definition) is 2. The Labute approximate surface area is 126 Å². The molecule has 0 aliphatic rings. The molecule has 1 aromatic carbocycles. The maximum absolute atomic E-state index is 11.2. The van der Waals surface area contributed by atoms with Crippen molar-refractivity contribution in [1.29, 1.82) is 0 Å². The highest BCUT2D eigenvalue weighted by molar-refractivity contribution is 7.13. The molecule has 0 aliphatic heterocycles. The highest BCUT2D eigenvalue weighted by atomic mass is 35.5. The smallest absolute Gasteiger partial charge is 0.315 e. The van der Waals surface area contributed by atoms with Crippen molar-refractivity contribution < 1.29 is 9.90 Å². The molecule has 0 saturated carbocycles. The van der Waals surface area contributed by atoms with Gasteiger partial charge in [0.2, 0.25) is 0 Å². The number of thiazole rings is 1. The molecule has 0 bridgehead atoms. The Bertz CT molecular complexity index is 625. The Morgan fingerprint density at radius 1 is 1.45 bits per heavy atom. The summed E-state index contributed by atoms with van der Waals surface area (Å²) in [6.45, 7) is 3.84. The summed E-state index contributed by atoms with van der Waals surface area (Å²) in [6, 6.07) is 7.57. The zero-order valence-electron chi connectivity index (χ0n) is 11.2. The predicted octanol–water partition coefficient (Wildman–Crippen LogP) is 3.77. The van der Waals surface area contributed by atoms with E-state index >= 15 is 0 Å². The first-order valence-electron chi connectivity index (χ1n) is 6.08. The molecular formula is C14H15ClN2O2S. The fourth-order valence-corrected chi connectivity index (χ4v) is 2.64. The van der Waals surface area contributed by atoms with Crippen LogP contribution in [0, 0.1) is 0 Å². The summed E-state index contributed by atoms with van der Waals surface area (Å²) in [5.74, 6) is -0.888. The van der Waals surface area contributed by atoms with Crippen LogP contribution >= 0.6 is 22.9 Å². The van der Waals surface area contributed by atoms with Crippen LogP contribution in [0.1, 0.15) is 25.1 Å². The Hall–Kier alpha value is -1.59. The van der Waals surface area contributed by atoms with Crippen LogP contribution in [0.15, 0.2) is 29.6 Å². The minimum atomic E-state index is -0.985. The van der Waals surface area contributed by atoms with E-state index in [1.807, 2.05) is 24.3 Å². The third-order valence-corrected chi connectivity index (χ3v) is 4.24. The first kappa shape index (κ1) is 14.8. The third kappa shape index (κ3) is 3.11. The van der Waals surface area contributed by atoms with Crippen molar-refractivity contribution in [3.63, 3.8) is 0 Å². The van der Waals surface area contributed by atoms with Crippen molar-refractivity contribution in [3.05, 3.63) is 45.9 Å². The first-order chi connectivity index (χ1) is 9.41. The average Bonchev–Trinajstić information content (AvgIpc) is 2.87. The molecule has 6 heteroatoms. The first-order valence-corrected chi connectivity index (χ1v) is 7.33. The van der Waals surface area contributed by atoms with E-state index in [0.29, 0.717) is 22.4 Å². The van der Waals surface area contributed by atoms with Crippen molar-refractivity contribution >= 4 is 34.0 Å². The van der Waals surface area contributed by atoms with Gasteiger partial charge in [-0.15, -0.1) is 11.3 Å². The zero-order valence-corrected chi connectivity index (χ0v) is 12.8. The van der Waals surface area contributed by atoms with Gasteiger partial charge < -0.3 is 10.4 Å². The van der Waals surface area contributed by atoms with Crippen LogP contribution in [0.25, 0.3) is 0 Å². The van der Waals surface area contributed by atoms with Crippen molar-refractivity contribution in [2.75, 3.05) is 5.32 Å². The molecule has 106 valence electrons. The molecule has 0 fully saturated rings. The van der Waals surface area contributed by atoms with E-state index < -0.39 is 11.4 Å². The van der Waals surface area contributed by atoms with Gasteiger partial charge in [0.15, 0.2) is 5.13 Å². The van der Waals surface area contributed by atoms with Crippen LogP contribution in [0.5, 0.6) is 0 Å². The number of nitrogens with one attached hydrogen (secondary N) is 1. The maximum atomic E-state index is 11.2. The monoisotopic (exact) mass is 310 g/mol. The molecule has 0 saturated heterocycles. The summed E-state index contributed by atoms with van der Waals surface area (Å²) in [5, 5.41) is 15.5. The lowest BCUT2D eigenvalue weighted by molar-refractivity contribution is -0.142. The molecular weight excluding hydrogens is 296 g/mol. The molecule has 0 atom stereocenters. The molecule has 0 radical (unpaired) electrons. The number of carboxylic acid groups (broad SMARTS) is 1. The van der Waals surface area contributed by atoms with Gasteiger partial charge in [-0.3, -0.25) is 4.79 Å². The number of carboxylic acids is 1. The van der Waals surface area contributed by atoms with Gasteiger partial charge in [0.05, 0.1) is 5.69 Å². The number of hydrogen-bond acceptors (Lipinski definition) is 4. The Balaban J connectivity index is 2.08. The van der Waals surface area contributed by atoms with Crippen LogP contribution in [-0.2, 0) is 16.8 Å². The zero-order chi connectivity index (χ0) is 14.8. The van der Waals surface area contributed by atoms with E-state index in [-0.39, 0.29) is 0 Å². The quantitative estimate of drug-likeness (QED) is 0.882. The molecule has 0 aliphatic carbocycles. The Kier molecular flexibility index (Phi) is 4.30. The number of rotatable bonds is 5. The highest BCUT2D eigenvalue weighted by Crippen LogP contribution is 2.28. The summed E-state index contributed by atoms with van der Waals surface area (Å²) in [5.41, 5.74) is 0.543. The van der Waals surface area contributed by atoms with Crippen molar-refractivity contribution in [2.24, 2.45) is 0 Å². The van der Waals surface area contributed by atoms with Crippen molar-refractivity contribution in [1.82, 2.24) is 4.98 Å². The average molecular weight is 311 g/mol. The van der Waals surface area contributed by atoms with Crippen molar-refractivity contribution in [3.8, 4) is 0 Å². The van der Waals surface area contributed by atoms with Gasteiger partial charge in [0, 0.05) is 16.9 Å². The van der Waals surface area contributed by atoms with Crippen LogP contribution in [0.2, 0.25) is 5.02 Å². The van der Waals surface area contributed by atoms with E-state index in [1.165, 1.54) is 11.3 Å². The Morgan fingerprint density at radius 3 is 2.80 bits per heavy atom. The normalized spacial score (nSPS) is 11.3. The van der Waals surface area contributed by atoms with Gasteiger partial charge in [0.25, 0.3) is 0 Å². The molecule has 0 unspecified atom stereocenters. The van der Waals surface area contributed by atoms with Gasteiger partial charge >= 0.3 is 5.97 Å². The van der Waals surface area contributed by atoms with Crippen molar-refractivity contribution in [2.45, 2.75) is 25.8 Å². The number of nitrogens with zero attached hydrogens (tertiary/aromatic N) is 1. The van der Waals surface area contributed by atoms with Crippen LogP contribution in [-0.4, -0.2) is 16.1 Å². The number of anilines is 1. The SMILES string of the molecule is CC(C)(C(=O)O)c1csc(NCc2ccccc2Cl)n1. The lowest BCUT2D eigenvalue weighted by Crippen LogP contribution is -2.28. The number of halogens is 1. The molecule has 1 aromatic heterocycles. The highest BCUT2D eigenvalue weighted by Gasteiger charge is 2.32. The summed E-state index contributed by atoms with van der Waals surface area (Å²) in [7, 11) is 0. The fourth-order valence-electron chi connectivity index (χ4n) is 1.56. The molecule has 2 rings (SSSR count). The maximum Gasteiger partial charge on any atom is 0.315 e. The summed E-state index contributed by atoms with van der Waals surface area (Å²) >= 11 is 7.47. The lowest BCUT2D eigenvalue weighted by Gasteiger charge is -2.15. The van der Waals surface area contributed by atoms with E-state index in [2.05, 4.69) is 10.3 Å². The topological polar surface area (TPSA) is 62.2 Å². The summed E-state index contributed by atoms with van der Waals surface area (Å²) in [6.07, 6.45) is 0. The minimum Gasteiger partial charge on any atom is -0.481 e. The van der Waals surface area contributed by atoms with Gasteiger partial charge in [-0.25, -0.2) is 4.98 Å². The van der Waals surface area contributed by atoms with Gasteiger partial charge in [-0.05, 0) is 25.5 Å². The molecule has 2 aromatic rings.